The van der Waals surface area contributed by atoms with E-state index in [2.05, 4.69) is 4.90 Å². The standard InChI is InChI=1S/C10H20N2O2/c1-8(13)4-6-12-5-2-3-9(7-12)10(11)14/h8-9,13H,2-7H2,1H3,(H2,11,14). The summed E-state index contributed by atoms with van der Waals surface area (Å²) < 4.78 is 0. The van der Waals surface area contributed by atoms with Gasteiger partial charge in [-0.2, -0.15) is 0 Å². The van der Waals surface area contributed by atoms with Gasteiger partial charge in [-0.25, -0.2) is 0 Å². The lowest BCUT2D eigenvalue weighted by atomic mass is 9.97. The fraction of sp³-hybridized carbons (Fsp3) is 0.900. The van der Waals surface area contributed by atoms with Crippen LogP contribution >= 0.6 is 0 Å². The summed E-state index contributed by atoms with van der Waals surface area (Å²) in [6.07, 6.45) is 2.46. The van der Waals surface area contributed by atoms with Gasteiger partial charge >= 0.3 is 0 Å². The Morgan fingerprint density at radius 1 is 1.71 bits per heavy atom. The maximum Gasteiger partial charge on any atom is 0.221 e. The Bertz CT molecular complexity index is 195. The first-order chi connectivity index (χ1) is 6.59. The van der Waals surface area contributed by atoms with Crippen molar-refractivity contribution in [2.75, 3.05) is 19.6 Å². The summed E-state index contributed by atoms with van der Waals surface area (Å²) in [6.45, 7) is 4.44. The van der Waals surface area contributed by atoms with E-state index in [0.29, 0.717) is 0 Å². The predicted octanol–water partition coefficient (Wildman–Crippen LogP) is -0.0454. The maximum atomic E-state index is 11.0. The molecule has 2 atom stereocenters. The highest BCUT2D eigenvalue weighted by Gasteiger charge is 2.23. The molecular weight excluding hydrogens is 180 g/mol. The fourth-order valence-corrected chi connectivity index (χ4v) is 1.86. The number of piperidine rings is 1. The third-order valence-corrected chi connectivity index (χ3v) is 2.77. The molecule has 0 aromatic carbocycles. The summed E-state index contributed by atoms with van der Waals surface area (Å²) >= 11 is 0. The Balaban J connectivity index is 2.29. The second kappa shape index (κ2) is 5.32. The minimum Gasteiger partial charge on any atom is -0.393 e. The number of aliphatic hydroxyl groups excluding tert-OH is 1. The van der Waals surface area contributed by atoms with Crippen LogP contribution in [0.5, 0.6) is 0 Å². The molecule has 4 nitrogen and oxygen atoms in total. The number of likely N-dealkylation sites (tertiary alicyclic amines) is 1. The first-order valence-electron chi connectivity index (χ1n) is 5.29. The number of amides is 1. The molecule has 1 fully saturated rings. The Morgan fingerprint density at radius 3 is 3.00 bits per heavy atom. The molecule has 14 heavy (non-hydrogen) atoms. The number of rotatable bonds is 4. The molecule has 1 heterocycles. The van der Waals surface area contributed by atoms with Gasteiger partial charge in [-0.05, 0) is 32.7 Å². The molecule has 0 saturated carbocycles. The summed E-state index contributed by atoms with van der Waals surface area (Å²) in [5.74, 6) is -0.176. The second-order valence-electron chi connectivity index (χ2n) is 4.18. The molecule has 0 aliphatic carbocycles. The zero-order chi connectivity index (χ0) is 10.6. The third kappa shape index (κ3) is 3.64. The van der Waals surface area contributed by atoms with Crippen molar-refractivity contribution in [2.45, 2.75) is 32.3 Å². The molecule has 1 amide bonds. The molecule has 0 bridgehead atoms. The summed E-state index contributed by atoms with van der Waals surface area (Å²) in [7, 11) is 0. The lowest BCUT2D eigenvalue weighted by Gasteiger charge is -2.31. The van der Waals surface area contributed by atoms with E-state index in [1.54, 1.807) is 6.92 Å². The van der Waals surface area contributed by atoms with Gasteiger partial charge in [-0.15, -0.1) is 0 Å². The van der Waals surface area contributed by atoms with Crippen LogP contribution in [-0.2, 0) is 4.79 Å². The van der Waals surface area contributed by atoms with E-state index in [0.717, 1.165) is 38.9 Å². The van der Waals surface area contributed by atoms with Crippen LogP contribution in [0.15, 0.2) is 0 Å². The van der Waals surface area contributed by atoms with Gasteiger partial charge in [0.15, 0.2) is 0 Å². The molecule has 2 unspecified atom stereocenters. The van der Waals surface area contributed by atoms with E-state index < -0.39 is 0 Å². The van der Waals surface area contributed by atoms with Crippen molar-refractivity contribution in [2.24, 2.45) is 11.7 Å². The fourth-order valence-electron chi connectivity index (χ4n) is 1.86. The minimum atomic E-state index is -0.260. The van der Waals surface area contributed by atoms with Gasteiger partial charge in [0.1, 0.15) is 0 Å². The molecule has 0 radical (unpaired) electrons. The number of carbonyl (C=O) groups is 1. The lowest BCUT2D eigenvalue weighted by Crippen LogP contribution is -2.41. The van der Waals surface area contributed by atoms with Gasteiger partial charge in [0.25, 0.3) is 0 Å². The summed E-state index contributed by atoms with van der Waals surface area (Å²) in [4.78, 5) is 13.2. The van der Waals surface area contributed by atoms with E-state index in [4.69, 9.17) is 10.8 Å². The molecule has 0 spiro atoms. The predicted molar refractivity (Wildman–Crippen MR) is 54.7 cm³/mol. The van der Waals surface area contributed by atoms with Crippen LogP contribution in [0.25, 0.3) is 0 Å². The highest BCUT2D eigenvalue weighted by atomic mass is 16.3. The van der Waals surface area contributed by atoms with Crippen molar-refractivity contribution in [3.63, 3.8) is 0 Å². The van der Waals surface area contributed by atoms with E-state index in [-0.39, 0.29) is 17.9 Å². The van der Waals surface area contributed by atoms with Crippen molar-refractivity contribution >= 4 is 5.91 Å². The van der Waals surface area contributed by atoms with Crippen molar-refractivity contribution < 1.29 is 9.90 Å². The number of hydrogen-bond donors (Lipinski definition) is 2. The molecule has 4 heteroatoms. The SMILES string of the molecule is CC(O)CCN1CCCC(C(N)=O)C1. The molecule has 1 saturated heterocycles. The summed E-state index contributed by atoms with van der Waals surface area (Å²) in [6, 6.07) is 0. The van der Waals surface area contributed by atoms with Crippen molar-refractivity contribution in [3.8, 4) is 0 Å². The lowest BCUT2D eigenvalue weighted by molar-refractivity contribution is -0.123. The van der Waals surface area contributed by atoms with Crippen LogP contribution in [0.2, 0.25) is 0 Å². The molecule has 0 aromatic rings. The molecule has 3 N–H and O–H groups in total. The quantitative estimate of drug-likeness (QED) is 0.669. The van der Waals surface area contributed by atoms with Gasteiger partial charge in [0.2, 0.25) is 5.91 Å². The van der Waals surface area contributed by atoms with Crippen molar-refractivity contribution in [1.82, 2.24) is 4.90 Å². The number of carbonyl (C=O) groups excluding carboxylic acids is 1. The van der Waals surface area contributed by atoms with Gasteiger partial charge in [-0.1, -0.05) is 0 Å². The molecule has 1 rings (SSSR count). The van der Waals surface area contributed by atoms with Crippen LogP contribution in [0, 0.1) is 5.92 Å². The number of aliphatic hydroxyl groups is 1. The highest BCUT2D eigenvalue weighted by Crippen LogP contribution is 2.16. The third-order valence-electron chi connectivity index (χ3n) is 2.77. The van der Waals surface area contributed by atoms with Crippen LogP contribution in [-0.4, -0.2) is 41.7 Å². The normalized spacial score (nSPS) is 26.0. The molecule has 82 valence electrons. The topological polar surface area (TPSA) is 66.6 Å². The van der Waals surface area contributed by atoms with Crippen molar-refractivity contribution in [1.29, 1.82) is 0 Å². The average molecular weight is 200 g/mol. The smallest absolute Gasteiger partial charge is 0.221 e. The van der Waals surface area contributed by atoms with Crippen LogP contribution in [0.4, 0.5) is 0 Å². The first-order valence-corrected chi connectivity index (χ1v) is 5.29. The zero-order valence-electron chi connectivity index (χ0n) is 8.78. The monoisotopic (exact) mass is 200 g/mol. The number of primary amides is 1. The minimum absolute atomic E-state index is 0.0118. The molecule has 1 aliphatic rings. The van der Waals surface area contributed by atoms with Gasteiger partial charge < -0.3 is 15.7 Å². The summed E-state index contributed by atoms with van der Waals surface area (Å²) in [5.41, 5.74) is 5.27. The Kier molecular flexibility index (Phi) is 4.35. The largest absolute Gasteiger partial charge is 0.393 e. The Morgan fingerprint density at radius 2 is 2.43 bits per heavy atom. The van der Waals surface area contributed by atoms with E-state index in [9.17, 15) is 4.79 Å². The van der Waals surface area contributed by atoms with Crippen LogP contribution in [0.3, 0.4) is 0 Å². The number of nitrogens with two attached hydrogens (primary N) is 1. The van der Waals surface area contributed by atoms with Gasteiger partial charge in [0, 0.05) is 13.1 Å². The summed E-state index contributed by atoms with van der Waals surface area (Å²) in [5, 5.41) is 9.14. The second-order valence-corrected chi connectivity index (χ2v) is 4.18. The average Bonchev–Trinajstić information content (AvgIpc) is 2.15. The number of hydrogen-bond acceptors (Lipinski definition) is 3. The Hall–Kier alpha value is -0.610. The zero-order valence-corrected chi connectivity index (χ0v) is 8.78. The van der Waals surface area contributed by atoms with Crippen molar-refractivity contribution in [3.05, 3.63) is 0 Å². The first kappa shape index (κ1) is 11.5. The van der Waals surface area contributed by atoms with E-state index >= 15 is 0 Å². The van der Waals surface area contributed by atoms with E-state index in [1.165, 1.54) is 0 Å². The van der Waals surface area contributed by atoms with Gasteiger partial charge in [-0.3, -0.25) is 4.79 Å². The van der Waals surface area contributed by atoms with Crippen LogP contribution in [0.1, 0.15) is 26.2 Å². The molecule has 1 aliphatic heterocycles. The highest BCUT2D eigenvalue weighted by molar-refractivity contribution is 5.76. The maximum absolute atomic E-state index is 11.0. The van der Waals surface area contributed by atoms with Crippen LogP contribution < -0.4 is 5.73 Å². The molecular formula is C10H20N2O2. The van der Waals surface area contributed by atoms with E-state index in [1.807, 2.05) is 0 Å². The molecule has 0 aromatic heterocycles. The van der Waals surface area contributed by atoms with Gasteiger partial charge in [0.05, 0.1) is 12.0 Å². The number of nitrogens with zero attached hydrogens (tertiary/aromatic N) is 1. The Labute approximate surface area is 85.1 Å².